The van der Waals surface area contributed by atoms with Crippen LogP contribution in [0.2, 0.25) is 0 Å². The van der Waals surface area contributed by atoms with E-state index in [1.54, 1.807) is 0 Å². The zero-order chi connectivity index (χ0) is 79.1. The van der Waals surface area contributed by atoms with Crippen LogP contribution in [0.25, 0.3) is 225 Å². The lowest BCUT2D eigenvalue weighted by atomic mass is 9.97. The molecular weight excluding hydrogens is 1490 g/mol. The molecule has 6 nitrogen and oxygen atoms in total. The van der Waals surface area contributed by atoms with E-state index < -0.39 is 0 Å². The van der Waals surface area contributed by atoms with Crippen molar-refractivity contribution in [3.8, 4) is 67.2 Å². The van der Waals surface area contributed by atoms with Gasteiger partial charge < -0.3 is 0 Å². The van der Waals surface area contributed by atoms with Crippen LogP contribution < -0.4 is 0 Å². The SMILES string of the molecule is Cc1cc(C)c2sc3c(-c4ccc(-c5cnc6c7ccccc7c7ccccc7c6n5)cc4)cc(C)cc3c2c1.Cc1cc(C)c2sc3c(-c4ccc(-c5cnc6c7ccccc7c7ccccc7c6n5)cc4)cc(C)cc3c2c1.Cc1cccc2c1sc1c(-c3ccc(-c4cnc5c6ccccc6c6ccccc6c5n4)cc3)cccc12. The Kier molecular flexibility index (Phi) is 17.0. The molecule has 0 aliphatic rings. The molecule has 0 radical (unpaired) electrons. The molecule has 0 aliphatic carbocycles. The van der Waals surface area contributed by atoms with Crippen LogP contribution in [0.4, 0.5) is 0 Å². The fourth-order valence-corrected chi connectivity index (χ4v) is 22.2. The van der Waals surface area contributed by atoms with Crippen LogP contribution in [0.3, 0.4) is 0 Å². The molecule has 0 aliphatic heterocycles. The van der Waals surface area contributed by atoms with E-state index in [9.17, 15) is 0 Å². The van der Waals surface area contributed by atoms with Gasteiger partial charge in [0.05, 0.1) is 68.8 Å². The Balaban J connectivity index is 0.000000107. The van der Waals surface area contributed by atoms with Crippen LogP contribution in [0.5, 0.6) is 0 Å². The highest BCUT2D eigenvalue weighted by molar-refractivity contribution is 7.27. The molecule has 18 aromatic carbocycles. The normalized spacial score (nSPS) is 11.9. The Morgan fingerprint density at radius 1 is 0.178 bits per heavy atom. The summed E-state index contributed by atoms with van der Waals surface area (Å²) in [5.41, 5.74) is 28.3. The van der Waals surface area contributed by atoms with Crippen LogP contribution in [-0.2, 0) is 0 Å². The van der Waals surface area contributed by atoms with Crippen molar-refractivity contribution in [1.29, 1.82) is 0 Å². The van der Waals surface area contributed by atoms with Gasteiger partial charge in [-0.3, -0.25) is 15.0 Å². The molecule has 24 aromatic rings. The van der Waals surface area contributed by atoms with Gasteiger partial charge in [-0.2, -0.15) is 0 Å². The fraction of sp³-hybridized carbons (Fsp3) is 0.0642. The number of benzene rings is 18. The molecule has 0 spiro atoms. The molecule has 0 N–H and O–H groups in total. The fourth-order valence-electron chi connectivity index (χ4n) is 18.3. The standard InChI is InChI=1S/2C37H26N2S.C35H22N2S/c2*1-21-16-23(3)36-31(18-21)32-19-22(2)17-30(37(32)40-36)24-12-14-25(15-13-24)33-20-38-34-28-10-6-4-8-26(28)27-9-5-7-11-29(27)35(34)39-33;1-21-8-6-14-29-30-15-7-13-24(35(30)38-34(21)29)22-16-18-23(19-17-22)31-20-36-32-27-11-4-2-9-25(27)26-10-3-5-12-28(26)33(32)37-31/h2*4-20H,1-3H3;2-20H,1H3. The largest absolute Gasteiger partial charge is 0.252 e. The van der Waals surface area contributed by atoms with Crippen molar-refractivity contribution in [2.24, 2.45) is 0 Å². The maximum atomic E-state index is 5.18. The van der Waals surface area contributed by atoms with Gasteiger partial charge in [-0.15, -0.1) is 34.0 Å². The third-order valence-electron chi connectivity index (χ3n) is 23.8. The molecule has 6 aromatic heterocycles. The van der Waals surface area contributed by atoms with E-state index in [0.29, 0.717) is 0 Å². The van der Waals surface area contributed by atoms with E-state index in [2.05, 4.69) is 352 Å². The summed E-state index contributed by atoms with van der Waals surface area (Å²) >= 11 is 5.71. The minimum Gasteiger partial charge on any atom is -0.252 e. The summed E-state index contributed by atoms with van der Waals surface area (Å²) in [6, 6.07) is 109. The number of nitrogens with zero attached hydrogens (tertiary/aromatic N) is 6. The van der Waals surface area contributed by atoms with Crippen molar-refractivity contribution in [2.75, 3.05) is 0 Å². The number of thiophene rings is 3. The highest BCUT2D eigenvalue weighted by Crippen LogP contribution is 2.48. The second kappa shape index (κ2) is 28.3. The molecule has 9 heteroatoms. The van der Waals surface area contributed by atoms with E-state index >= 15 is 0 Å². The predicted octanol–water partition coefficient (Wildman–Crippen LogP) is 31.1. The van der Waals surface area contributed by atoms with E-state index in [0.717, 1.165) is 99.2 Å². The lowest BCUT2D eigenvalue weighted by molar-refractivity contribution is 1.31. The number of aryl methyl sites for hydroxylation is 7. The van der Waals surface area contributed by atoms with Gasteiger partial charge in [-0.05, 0) is 178 Å². The molecular formula is C109H74N6S3. The molecule has 0 atom stereocenters. The van der Waals surface area contributed by atoms with E-state index in [1.807, 2.05) is 52.6 Å². The summed E-state index contributed by atoms with van der Waals surface area (Å²) in [4.78, 5) is 30.3. The Hall–Kier alpha value is -13.8. The Labute approximate surface area is 693 Å². The smallest absolute Gasteiger partial charge is 0.0979 e. The first-order valence-corrected chi connectivity index (χ1v) is 42.6. The Morgan fingerprint density at radius 2 is 0.424 bits per heavy atom. The third kappa shape index (κ3) is 11.8. The molecule has 24 rings (SSSR count). The van der Waals surface area contributed by atoms with Crippen molar-refractivity contribution in [1.82, 2.24) is 29.9 Å². The third-order valence-corrected chi connectivity index (χ3v) is 27.9. The number of hydrogen-bond acceptors (Lipinski definition) is 9. The Bertz CT molecular complexity index is 7890. The molecule has 0 amide bonds. The van der Waals surface area contributed by atoms with Gasteiger partial charge in [-0.1, -0.05) is 278 Å². The molecule has 0 bridgehead atoms. The van der Waals surface area contributed by atoms with Gasteiger partial charge in [0.1, 0.15) is 0 Å². The second-order valence-electron chi connectivity index (χ2n) is 31.6. The molecule has 0 fully saturated rings. The first-order chi connectivity index (χ1) is 57.9. The molecule has 0 saturated carbocycles. The maximum absolute atomic E-state index is 5.18. The Morgan fingerprint density at radius 3 is 0.763 bits per heavy atom. The van der Waals surface area contributed by atoms with Gasteiger partial charge in [0.2, 0.25) is 0 Å². The molecule has 558 valence electrons. The molecule has 0 saturated heterocycles. The summed E-state index contributed by atoms with van der Waals surface area (Å²) in [5, 5.41) is 22.2. The number of fused-ring (bicyclic) bond motifs is 27. The zero-order valence-corrected chi connectivity index (χ0v) is 68.5. The van der Waals surface area contributed by atoms with E-state index in [-0.39, 0.29) is 0 Å². The summed E-state index contributed by atoms with van der Waals surface area (Å²) in [6.07, 6.45) is 5.75. The van der Waals surface area contributed by atoms with Gasteiger partial charge in [-0.25, -0.2) is 15.0 Å². The average molecular weight is 1560 g/mol. The first-order valence-electron chi connectivity index (χ1n) is 40.2. The summed E-state index contributed by atoms with van der Waals surface area (Å²) in [7, 11) is 0. The van der Waals surface area contributed by atoms with Gasteiger partial charge in [0.25, 0.3) is 0 Å². The van der Waals surface area contributed by atoms with Crippen molar-refractivity contribution >= 4 is 192 Å². The van der Waals surface area contributed by atoms with Crippen LogP contribution in [0.15, 0.2) is 322 Å². The van der Waals surface area contributed by atoms with Crippen LogP contribution in [0, 0.1) is 48.5 Å². The monoisotopic (exact) mass is 1560 g/mol. The van der Waals surface area contributed by atoms with Crippen LogP contribution in [0.1, 0.15) is 38.9 Å². The van der Waals surface area contributed by atoms with Gasteiger partial charge >= 0.3 is 0 Å². The average Bonchev–Trinajstić information content (AvgIpc) is 1.63. The molecule has 118 heavy (non-hydrogen) atoms. The highest BCUT2D eigenvalue weighted by Gasteiger charge is 2.21. The van der Waals surface area contributed by atoms with Crippen molar-refractivity contribution < 1.29 is 0 Å². The van der Waals surface area contributed by atoms with Gasteiger partial charge in [0, 0.05) is 110 Å². The quantitative estimate of drug-likeness (QED) is 0.154. The number of aromatic nitrogens is 6. The topological polar surface area (TPSA) is 77.3 Å². The minimum atomic E-state index is 0.889. The van der Waals surface area contributed by atoms with Crippen molar-refractivity contribution in [3.63, 3.8) is 0 Å². The molecule has 6 heterocycles. The summed E-state index contributed by atoms with van der Waals surface area (Å²) in [6.45, 7) is 15.4. The van der Waals surface area contributed by atoms with Crippen LogP contribution in [-0.4, -0.2) is 29.9 Å². The van der Waals surface area contributed by atoms with Gasteiger partial charge in [0.15, 0.2) is 0 Å². The zero-order valence-electron chi connectivity index (χ0n) is 66.0. The van der Waals surface area contributed by atoms with E-state index in [1.165, 1.54) is 165 Å². The lowest BCUT2D eigenvalue weighted by Crippen LogP contribution is -1.92. The minimum absolute atomic E-state index is 0.889. The molecule has 0 unspecified atom stereocenters. The number of rotatable bonds is 6. The highest BCUT2D eigenvalue weighted by atomic mass is 32.1. The van der Waals surface area contributed by atoms with E-state index in [4.69, 9.17) is 29.9 Å². The number of hydrogen-bond donors (Lipinski definition) is 0. The first kappa shape index (κ1) is 70.8. The summed E-state index contributed by atoms with van der Waals surface area (Å²) < 4.78 is 8.19. The maximum Gasteiger partial charge on any atom is 0.0979 e. The summed E-state index contributed by atoms with van der Waals surface area (Å²) in [5.74, 6) is 0. The lowest BCUT2D eigenvalue weighted by Gasteiger charge is -2.11. The second-order valence-corrected chi connectivity index (χ2v) is 34.7. The van der Waals surface area contributed by atoms with Crippen molar-refractivity contribution in [2.45, 2.75) is 48.5 Å². The van der Waals surface area contributed by atoms with Crippen LogP contribution >= 0.6 is 34.0 Å². The van der Waals surface area contributed by atoms with Crippen molar-refractivity contribution in [3.05, 3.63) is 361 Å². The predicted molar refractivity (Wildman–Crippen MR) is 508 cm³/mol.